The van der Waals surface area contributed by atoms with E-state index in [9.17, 15) is 9.59 Å². The molecule has 0 saturated carbocycles. The molecule has 0 atom stereocenters. The topological polar surface area (TPSA) is 62.3 Å². The molecule has 2 amide bonds. The molecule has 1 aliphatic rings. The molecule has 0 unspecified atom stereocenters. The summed E-state index contributed by atoms with van der Waals surface area (Å²) in [7, 11) is 0. The molecule has 0 spiro atoms. The van der Waals surface area contributed by atoms with Crippen molar-refractivity contribution in [1.82, 2.24) is 9.88 Å². The summed E-state index contributed by atoms with van der Waals surface area (Å²) in [5, 5.41) is 2.88. The number of carbonyl (C=O) groups is 2. The lowest BCUT2D eigenvalue weighted by atomic mass is 9.95. The van der Waals surface area contributed by atoms with Gasteiger partial charge in [-0.15, -0.1) is 0 Å². The summed E-state index contributed by atoms with van der Waals surface area (Å²) in [6, 6.07) is 9.53. The number of nitrogens with zero attached hydrogens (tertiary/aromatic N) is 2. The maximum absolute atomic E-state index is 12.8. The SMILES string of the molecule is Cc1ccc(NC(=O)C2CCN(C(=O)c3cccc(C)c3I)CC2)nc1. The van der Waals surface area contributed by atoms with Gasteiger partial charge in [-0.2, -0.15) is 0 Å². The number of nitrogens with one attached hydrogen (secondary N) is 1. The highest BCUT2D eigenvalue weighted by molar-refractivity contribution is 14.1. The lowest BCUT2D eigenvalue weighted by molar-refractivity contribution is -0.121. The number of piperidine rings is 1. The number of benzene rings is 1. The third-order valence-electron chi connectivity index (χ3n) is 4.74. The Balaban J connectivity index is 1.58. The molecule has 1 aromatic heterocycles. The maximum Gasteiger partial charge on any atom is 0.254 e. The first kappa shape index (κ1) is 18.8. The zero-order chi connectivity index (χ0) is 18.7. The quantitative estimate of drug-likeness (QED) is 0.705. The molecule has 1 N–H and O–H groups in total. The number of aryl methyl sites for hydroxylation is 2. The summed E-state index contributed by atoms with van der Waals surface area (Å²) < 4.78 is 1.00. The molecule has 26 heavy (non-hydrogen) atoms. The van der Waals surface area contributed by atoms with Crippen molar-refractivity contribution in [3.05, 3.63) is 56.8 Å². The van der Waals surface area contributed by atoms with Gasteiger partial charge in [0.15, 0.2) is 0 Å². The van der Waals surface area contributed by atoms with Crippen LogP contribution in [0.2, 0.25) is 0 Å². The van der Waals surface area contributed by atoms with Crippen molar-refractivity contribution in [3.63, 3.8) is 0 Å². The van der Waals surface area contributed by atoms with Gasteiger partial charge in [0.1, 0.15) is 5.82 Å². The number of likely N-dealkylation sites (tertiary alicyclic amines) is 1. The van der Waals surface area contributed by atoms with Crippen LogP contribution < -0.4 is 5.32 Å². The van der Waals surface area contributed by atoms with Crippen LogP contribution in [0, 0.1) is 23.3 Å². The zero-order valence-electron chi connectivity index (χ0n) is 15.0. The Morgan fingerprint density at radius 1 is 1.15 bits per heavy atom. The first-order valence-electron chi connectivity index (χ1n) is 8.73. The van der Waals surface area contributed by atoms with Crippen LogP contribution in [0.5, 0.6) is 0 Å². The molecule has 3 rings (SSSR count). The van der Waals surface area contributed by atoms with Gasteiger partial charge in [-0.3, -0.25) is 9.59 Å². The molecule has 1 fully saturated rings. The van der Waals surface area contributed by atoms with Gasteiger partial charge >= 0.3 is 0 Å². The Bertz CT molecular complexity index is 812. The van der Waals surface area contributed by atoms with Crippen molar-refractivity contribution in [3.8, 4) is 0 Å². The molecule has 136 valence electrons. The lowest BCUT2D eigenvalue weighted by Crippen LogP contribution is -2.41. The van der Waals surface area contributed by atoms with Crippen molar-refractivity contribution in [2.75, 3.05) is 18.4 Å². The highest BCUT2D eigenvalue weighted by atomic mass is 127. The Morgan fingerprint density at radius 3 is 2.54 bits per heavy atom. The smallest absolute Gasteiger partial charge is 0.254 e. The second-order valence-electron chi connectivity index (χ2n) is 6.71. The molecule has 0 radical (unpaired) electrons. The van der Waals surface area contributed by atoms with Gasteiger partial charge in [-0.05, 0) is 72.5 Å². The van der Waals surface area contributed by atoms with Crippen LogP contribution in [0.25, 0.3) is 0 Å². The minimum absolute atomic E-state index is 0.0152. The van der Waals surface area contributed by atoms with Crippen LogP contribution in [0.1, 0.15) is 34.3 Å². The van der Waals surface area contributed by atoms with E-state index in [2.05, 4.69) is 32.9 Å². The first-order chi connectivity index (χ1) is 12.5. The molecular formula is C20H22IN3O2. The van der Waals surface area contributed by atoms with Crippen LogP contribution in [0.4, 0.5) is 5.82 Å². The van der Waals surface area contributed by atoms with Gasteiger partial charge in [-0.1, -0.05) is 18.2 Å². The molecule has 6 heteroatoms. The maximum atomic E-state index is 12.8. The number of amides is 2. The van der Waals surface area contributed by atoms with Crippen molar-refractivity contribution in [2.45, 2.75) is 26.7 Å². The van der Waals surface area contributed by atoms with E-state index in [1.54, 1.807) is 6.20 Å². The molecule has 1 aromatic carbocycles. The number of hydrogen-bond acceptors (Lipinski definition) is 3. The number of anilines is 1. The molecule has 5 nitrogen and oxygen atoms in total. The number of rotatable bonds is 3. The summed E-state index contributed by atoms with van der Waals surface area (Å²) >= 11 is 2.23. The van der Waals surface area contributed by atoms with E-state index in [4.69, 9.17) is 0 Å². The number of hydrogen-bond donors (Lipinski definition) is 1. The summed E-state index contributed by atoms with van der Waals surface area (Å²) in [6.45, 7) is 5.17. The van der Waals surface area contributed by atoms with Crippen molar-refractivity contribution in [1.29, 1.82) is 0 Å². The first-order valence-corrected chi connectivity index (χ1v) is 9.81. The lowest BCUT2D eigenvalue weighted by Gasteiger charge is -2.31. The van der Waals surface area contributed by atoms with E-state index in [0.717, 1.165) is 20.3 Å². The van der Waals surface area contributed by atoms with Gasteiger partial charge in [0, 0.05) is 28.8 Å². The van der Waals surface area contributed by atoms with Gasteiger partial charge in [-0.25, -0.2) is 4.98 Å². The largest absolute Gasteiger partial charge is 0.339 e. The van der Waals surface area contributed by atoms with E-state index < -0.39 is 0 Å². The Kier molecular flexibility index (Phi) is 5.90. The molecule has 0 bridgehead atoms. The molecular weight excluding hydrogens is 441 g/mol. The van der Waals surface area contributed by atoms with Crippen molar-refractivity contribution >= 4 is 40.2 Å². The fraction of sp³-hybridized carbons (Fsp3) is 0.350. The summed E-state index contributed by atoms with van der Waals surface area (Å²) in [6.07, 6.45) is 3.08. The van der Waals surface area contributed by atoms with Crippen LogP contribution in [0.15, 0.2) is 36.5 Å². The summed E-state index contributed by atoms with van der Waals surface area (Å²) in [5.41, 5.74) is 2.91. The van der Waals surface area contributed by atoms with Crippen LogP contribution in [-0.4, -0.2) is 34.8 Å². The fourth-order valence-corrected chi connectivity index (χ4v) is 3.69. The summed E-state index contributed by atoms with van der Waals surface area (Å²) in [4.78, 5) is 31.3. The van der Waals surface area contributed by atoms with Gasteiger partial charge in [0.2, 0.25) is 5.91 Å². The average Bonchev–Trinajstić information content (AvgIpc) is 2.65. The second-order valence-corrected chi connectivity index (χ2v) is 7.79. The van der Waals surface area contributed by atoms with E-state index in [1.807, 2.05) is 49.1 Å². The average molecular weight is 463 g/mol. The molecule has 0 aliphatic carbocycles. The van der Waals surface area contributed by atoms with Crippen molar-refractivity contribution < 1.29 is 9.59 Å². The predicted molar refractivity (Wildman–Crippen MR) is 110 cm³/mol. The van der Waals surface area contributed by atoms with Crippen LogP contribution >= 0.6 is 22.6 Å². The third kappa shape index (κ3) is 4.23. The van der Waals surface area contributed by atoms with E-state index >= 15 is 0 Å². The number of pyridine rings is 1. The predicted octanol–water partition coefficient (Wildman–Crippen LogP) is 3.79. The number of carbonyl (C=O) groups excluding carboxylic acids is 2. The monoisotopic (exact) mass is 463 g/mol. The summed E-state index contributed by atoms with van der Waals surface area (Å²) in [5.74, 6) is 0.530. The third-order valence-corrected chi connectivity index (χ3v) is 6.17. The van der Waals surface area contributed by atoms with Gasteiger partial charge < -0.3 is 10.2 Å². The van der Waals surface area contributed by atoms with E-state index in [-0.39, 0.29) is 17.7 Å². The van der Waals surface area contributed by atoms with Crippen LogP contribution in [-0.2, 0) is 4.79 Å². The molecule has 2 aromatic rings. The Labute approximate surface area is 167 Å². The van der Waals surface area contributed by atoms with E-state index in [0.29, 0.717) is 31.7 Å². The normalized spacial score (nSPS) is 15.0. The zero-order valence-corrected chi connectivity index (χ0v) is 17.1. The van der Waals surface area contributed by atoms with Gasteiger partial charge in [0.05, 0.1) is 5.56 Å². The minimum Gasteiger partial charge on any atom is -0.339 e. The van der Waals surface area contributed by atoms with E-state index in [1.165, 1.54) is 0 Å². The van der Waals surface area contributed by atoms with Gasteiger partial charge in [0.25, 0.3) is 5.91 Å². The van der Waals surface area contributed by atoms with Crippen molar-refractivity contribution in [2.24, 2.45) is 5.92 Å². The Morgan fingerprint density at radius 2 is 1.88 bits per heavy atom. The minimum atomic E-state index is -0.0845. The second kappa shape index (κ2) is 8.16. The molecule has 1 saturated heterocycles. The molecule has 2 heterocycles. The number of aromatic nitrogens is 1. The van der Waals surface area contributed by atoms with Crippen LogP contribution in [0.3, 0.4) is 0 Å². The highest BCUT2D eigenvalue weighted by Gasteiger charge is 2.28. The Hall–Kier alpha value is -1.96. The molecule has 1 aliphatic heterocycles. The highest BCUT2D eigenvalue weighted by Crippen LogP contribution is 2.23. The fourth-order valence-electron chi connectivity index (χ4n) is 3.10. The standard InChI is InChI=1S/C20H22IN3O2/c1-13-6-7-17(22-12-13)23-19(25)15-8-10-24(11-9-15)20(26)16-5-3-4-14(2)18(16)21/h3-7,12,15H,8-11H2,1-2H3,(H,22,23,25). The number of halogens is 1.